The Morgan fingerprint density at radius 3 is 2.33 bits per heavy atom. The fourth-order valence-electron chi connectivity index (χ4n) is 2.78. The van der Waals surface area contributed by atoms with E-state index in [1.165, 1.54) is 18.1 Å². The number of ether oxygens (including phenoxy) is 1. The Bertz CT molecular complexity index is 532. The van der Waals surface area contributed by atoms with Gasteiger partial charge in [-0.15, -0.1) is 24.8 Å². The molecule has 0 spiro atoms. The van der Waals surface area contributed by atoms with Crippen molar-refractivity contribution in [3.05, 3.63) is 35.4 Å². The van der Waals surface area contributed by atoms with Gasteiger partial charge in [-0.2, -0.15) is 13.2 Å². The summed E-state index contributed by atoms with van der Waals surface area (Å²) >= 11 is 0. The van der Waals surface area contributed by atoms with Crippen LogP contribution in [0.2, 0.25) is 0 Å². The monoisotopic (exact) mass is 396 g/mol. The van der Waals surface area contributed by atoms with Crippen LogP contribution in [-0.4, -0.2) is 50.0 Å². The predicted molar refractivity (Wildman–Crippen MR) is 84.9 cm³/mol. The van der Waals surface area contributed by atoms with E-state index in [-0.39, 0.29) is 37.9 Å². The average molecular weight is 397 g/mol. The zero-order chi connectivity index (χ0) is 16.5. The van der Waals surface area contributed by atoms with E-state index in [2.05, 4.69) is 4.74 Å². The number of halogens is 7. The molecule has 0 aromatic heterocycles. The van der Waals surface area contributed by atoms with Gasteiger partial charge in [-0.05, 0) is 17.7 Å². The first-order valence-corrected chi connectivity index (χ1v) is 6.74. The topological polar surface area (TPSA) is 38.5 Å². The van der Waals surface area contributed by atoms with Crippen molar-refractivity contribution in [1.82, 2.24) is 4.90 Å². The molecule has 1 aliphatic rings. The van der Waals surface area contributed by atoms with Gasteiger partial charge in [-0.25, -0.2) is 8.78 Å². The SMILES string of the molecule is COCC(N1C[C@@H](N)[C@H](c2ccc(F)c(F)c2)C1)C(F)(F)F.Cl.Cl. The molecule has 2 N–H and O–H groups in total. The van der Waals surface area contributed by atoms with Gasteiger partial charge in [-0.3, -0.25) is 4.90 Å². The summed E-state index contributed by atoms with van der Waals surface area (Å²) in [4.78, 5) is 1.18. The molecule has 1 aliphatic heterocycles. The van der Waals surface area contributed by atoms with Gasteiger partial charge < -0.3 is 10.5 Å². The summed E-state index contributed by atoms with van der Waals surface area (Å²) in [7, 11) is 1.20. The van der Waals surface area contributed by atoms with Gasteiger partial charge in [0.25, 0.3) is 0 Å². The molecule has 3 atom stereocenters. The van der Waals surface area contributed by atoms with Crippen molar-refractivity contribution < 1.29 is 26.7 Å². The first-order chi connectivity index (χ1) is 10.2. The van der Waals surface area contributed by atoms with Crippen LogP contribution in [0.4, 0.5) is 22.0 Å². The molecule has 24 heavy (non-hydrogen) atoms. The van der Waals surface area contributed by atoms with E-state index >= 15 is 0 Å². The number of rotatable bonds is 4. The van der Waals surface area contributed by atoms with Crippen LogP contribution in [-0.2, 0) is 4.74 Å². The van der Waals surface area contributed by atoms with Crippen molar-refractivity contribution in [2.24, 2.45) is 5.73 Å². The first-order valence-electron chi connectivity index (χ1n) is 6.74. The summed E-state index contributed by atoms with van der Waals surface area (Å²) in [5.41, 5.74) is 6.30. The Labute approximate surface area is 149 Å². The molecular weight excluding hydrogens is 378 g/mol. The Morgan fingerprint density at radius 2 is 1.83 bits per heavy atom. The normalized spacial score (nSPS) is 22.6. The zero-order valence-electron chi connectivity index (χ0n) is 12.7. The third-order valence-corrected chi connectivity index (χ3v) is 3.91. The molecule has 1 aromatic rings. The Balaban J connectivity index is 0.00000264. The molecule has 2 rings (SSSR count). The van der Waals surface area contributed by atoms with E-state index in [1.807, 2.05) is 0 Å². The van der Waals surface area contributed by atoms with Crippen LogP contribution in [0.5, 0.6) is 0 Å². The van der Waals surface area contributed by atoms with Crippen molar-refractivity contribution in [2.75, 3.05) is 26.8 Å². The Morgan fingerprint density at radius 1 is 1.21 bits per heavy atom. The van der Waals surface area contributed by atoms with Crippen LogP contribution >= 0.6 is 24.8 Å². The number of nitrogens with two attached hydrogens (primary N) is 1. The molecule has 0 bridgehead atoms. The maximum absolute atomic E-state index is 13.3. The minimum Gasteiger partial charge on any atom is -0.383 e. The highest BCUT2D eigenvalue weighted by atomic mass is 35.5. The highest BCUT2D eigenvalue weighted by Crippen LogP contribution is 2.33. The van der Waals surface area contributed by atoms with E-state index in [0.29, 0.717) is 5.56 Å². The van der Waals surface area contributed by atoms with E-state index in [0.717, 1.165) is 12.1 Å². The second-order valence-electron chi connectivity index (χ2n) is 5.41. The summed E-state index contributed by atoms with van der Waals surface area (Å²) in [5, 5.41) is 0. The van der Waals surface area contributed by atoms with Gasteiger partial charge in [0.15, 0.2) is 11.6 Å². The quantitative estimate of drug-likeness (QED) is 0.794. The lowest BCUT2D eigenvalue weighted by Crippen LogP contribution is -2.48. The molecule has 1 fully saturated rings. The third kappa shape index (κ3) is 5.16. The maximum Gasteiger partial charge on any atom is 0.406 e. The summed E-state index contributed by atoms with van der Waals surface area (Å²) in [6, 6.07) is 0.940. The summed E-state index contributed by atoms with van der Waals surface area (Å²) in [6.45, 7) is -0.475. The number of benzene rings is 1. The average Bonchev–Trinajstić information content (AvgIpc) is 2.79. The molecule has 1 saturated heterocycles. The molecule has 0 aliphatic carbocycles. The molecular formula is C14H19Cl2F5N2O. The molecule has 3 nitrogen and oxygen atoms in total. The molecule has 1 heterocycles. The van der Waals surface area contributed by atoms with Crippen LogP contribution < -0.4 is 5.73 Å². The van der Waals surface area contributed by atoms with Gasteiger partial charge in [0, 0.05) is 32.2 Å². The predicted octanol–water partition coefficient (Wildman–Crippen LogP) is 3.11. The number of hydrogen-bond acceptors (Lipinski definition) is 3. The fraction of sp³-hybridized carbons (Fsp3) is 0.571. The lowest BCUT2D eigenvalue weighted by atomic mass is 9.95. The number of hydrogen-bond donors (Lipinski definition) is 1. The van der Waals surface area contributed by atoms with E-state index < -0.39 is 42.4 Å². The highest BCUT2D eigenvalue weighted by Gasteiger charge is 2.47. The van der Waals surface area contributed by atoms with Crippen molar-refractivity contribution in [2.45, 2.75) is 24.2 Å². The highest BCUT2D eigenvalue weighted by molar-refractivity contribution is 5.85. The zero-order valence-corrected chi connectivity index (χ0v) is 14.4. The minimum atomic E-state index is -4.45. The molecule has 0 amide bonds. The maximum atomic E-state index is 13.3. The van der Waals surface area contributed by atoms with Crippen molar-refractivity contribution in [1.29, 1.82) is 0 Å². The van der Waals surface area contributed by atoms with Crippen LogP contribution in [0, 0.1) is 11.6 Å². The summed E-state index contributed by atoms with van der Waals surface area (Å²) in [5.74, 6) is -2.52. The standard InChI is InChI=1S/C14H17F5N2O.2ClH/c1-22-7-13(14(17,18)19)21-5-9(12(20)6-21)8-2-3-10(15)11(16)4-8;;/h2-4,9,12-13H,5-7,20H2,1H3;2*1H/t9-,12+,13?;;/m0../s1. The van der Waals surface area contributed by atoms with Crippen molar-refractivity contribution in [3.63, 3.8) is 0 Å². The van der Waals surface area contributed by atoms with Crippen LogP contribution in [0.25, 0.3) is 0 Å². The van der Waals surface area contributed by atoms with Crippen LogP contribution in [0.15, 0.2) is 18.2 Å². The number of alkyl halides is 3. The molecule has 0 radical (unpaired) electrons. The Kier molecular flexibility index (Phi) is 8.89. The molecule has 140 valence electrons. The molecule has 0 saturated carbocycles. The second-order valence-corrected chi connectivity index (χ2v) is 5.41. The first kappa shape index (κ1) is 23.3. The van der Waals surface area contributed by atoms with Gasteiger partial charge >= 0.3 is 6.18 Å². The smallest absolute Gasteiger partial charge is 0.383 e. The molecule has 10 heteroatoms. The lowest BCUT2D eigenvalue weighted by Gasteiger charge is -2.29. The number of likely N-dealkylation sites (tertiary alicyclic amines) is 1. The second kappa shape index (κ2) is 9.15. The molecule has 1 aromatic carbocycles. The van der Waals surface area contributed by atoms with Crippen LogP contribution in [0.1, 0.15) is 11.5 Å². The van der Waals surface area contributed by atoms with Crippen molar-refractivity contribution in [3.8, 4) is 0 Å². The van der Waals surface area contributed by atoms with E-state index in [4.69, 9.17) is 5.73 Å². The Hall–Kier alpha value is -0.670. The van der Waals surface area contributed by atoms with Gasteiger partial charge in [0.2, 0.25) is 0 Å². The summed E-state index contributed by atoms with van der Waals surface area (Å²) < 4.78 is 70.1. The van der Waals surface area contributed by atoms with Crippen LogP contribution in [0.3, 0.4) is 0 Å². The fourth-order valence-corrected chi connectivity index (χ4v) is 2.78. The summed E-state index contributed by atoms with van der Waals surface area (Å²) in [6.07, 6.45) is -4.45. The minimum absolute atomic E-state index is 0. The van der Waals surface area contributed by atoms with Gasteiger partial charge in [0.05, 0.1) is 6.61 Å². The van der Waals surface area contributed by atoms with E-state index in [1.54, 1.807) is 0 Å². The van der Waals surface area contributed by atoms with E-state index in [9.17, 15) is 22.0 Å². The molecule has 1 unspecified atom stereocenters. The number of nitrogens with zero attached hydrogens (tertiary/aromatic N) is 1. The largest absolute Gasteiger partial charge is 0.406 e. The number of methoxy groups -OCH3 is 1. The van der Waals surface area contributed by atoms with Gasteiger partial charge in [-0.1, -0.05) is 6.07 Å². The lowest BCUT2D eigenvalue weighted by molar-refractivity contribution is -0.192. The third-order valence-electron chi connectivity index (χ3n) is 3.91. The van der Waals surface area contributed by atoms with Crippen molar-refractivity contribution >= 4 is 24.8 Å². The van der Waals surface area contributed by atoms with Gasteiger partial charge in [0.1, 0.15) is 6.04 Å².